The van der Waals surface area contributed by atoms with Gasteiger partial charge < -0.3 is 15.1 Å². The van der Waals surface area contributed by atoms with Crippen LogP contribution in [-0.2, 0) is 4.79 Å². The molecule has 14 heavy (non-hydrogen) atoms. The maximum absolute atomic E-state index is 11.7. The summed E-state index contributed by atoms with van der Waals surface area (Å²) in [5.41, 5.74) is -1.11. The molecule has 2 N–H and O–H groups in total. The van der Waals surface area contributed by atoms with Crippen LogP contribution in [0.5, 0.6) is 0 Å². The van der Waals surface area contributed by atoms with Gasteiger partial charge in [0.15, 0.2) is 0 Å². The summed E-state index contributed by atoms with van der Waals surface area (Å²) in [4.78, 5) is 12.9. The molecule has 5 heteroatoms. The largest absolute Gasteiger partial charge is 0.395 e. The molecule has 0 aliphatic rings. The van der Waals surface area contributed by atoms with Crippen molar-refractivity contribution in [3.8, 4) is 6.07 Å². The minimum atomic E-state index is -1.11. The van der Waals surface area contributed by atoms with Crippen LogP contribution in [-0.4, -0.2) is 47.3 Å². The molecule has 0 fully saturated rings. The summed E-state index contributed by atoms with van der Waals surface area (Å²) >= 11 is 0. The van der Waals surface area contributed by atoms with Crippen LogP contribution in [0.2, 0.25) is 0 Å². The highest BCUT2D eigenvalue weighted by molar-refractivity contribution is 5.84. The first-order valence-corrected chi connectivity index (χ1v) is 4.42. The molecule has 0 atom stereocenters. The number of hydrogen-bond acceptors (Lipinski definition) is 4. The van der Waals surface area contributed by atoms with Crippen molar-refractivity contribution < 1.29 is 15.0 Å². The molecule has 0 bridgehead atoms. The van der Waals surface area contributed by atoms with Gasteiger partial charge in [-0.25, -0.2) is 0 Å². The van der Waals surface area contributed by atoms with E-state index in [0.29, 0.717) is 0 Å². The van der Waals surface area contributed by atoms with E-state index in [9.17, 15) is 4.79 Å². The molecule has 0 aliphatic carbocycles. The van der Waals surface area contributed by atoms with Gasteiger partial charge in [0, 0.05) is 13.1 Å². The molecule has 0 saturated carbocycles. The van der Waals surface area contributed by atoms with Crippen LogP contribution in [0.15, 0.2) is 0 Å². The lowest BCUT2D eigenvalue weighted by atomic mass is 9.94. The van der Waals surface area contributed by atoms with Gasteiger partial charge in [0.25, 0.3) is 0 Å². The Balaban J connectivity index is 4.52. The van der Waals surface area contributed by atoms with Crippen molar-refractivity contribution in [2.75, 3.05) is 26.3 Å². The maximum atomic E-state index is 11.7. The molecule has 0 saturated heterocycles. The number of aliphatic hydroxyl groups is 2. The first kappa shape index (κ1) is 12.9. The number of hydrogen-bond donors (Lipinski definition) is 2. The normalized spacial score (nSPS) is 10.8. The number of amides is 1. The zero-order valence-electron chi connectivity index (χ0n) is 8.53. The van der Waals surface area contributed by atoms with Crippen LogP contribution in [0, 0.1) is 16.7 Å². The Kier molecular flexibility index (Phi) is 5.13. The van der Waals surface area contributed by atoms with Gasteiger partial charge in [0.2, 0.25) is 5.91 Å². The summed E-state index contributed by atoms with van der Waals surface area (Å²) in [5.74, 6) is -0.372. The molecule has 0 spiro atoms. The van der Waals surface area contributed by atoms with Crippen molar-refractivity contribution >= 4 is 5.91 Å². The van der Waals surface area contributed by atoms with E-state index in [4.69, 9.17) is 15.5 Å². The fourth-order valence-electron chi connectivity index (χ4n) is 0.999. The highest BCUT2D eigenvalue weighted by atomic mass is 16.3. The van der Waals surface area contributed by atoms with E-state index in [2.05, 4.69) is 0 Å². The van der Waals surface area contributed by atoms with Crippen LogP contribution in [0.1, 0.15) is 13.8 Å². The van der Waals surface area contributed by atoms with Crippen LogP contribution in [0.25, 0.3) is 0 Å². The van der Waals surface area contributed by atoms with Crippen LogP contribution >= 0.6 is 0 Å². The van der Waals surface area contributed by atoms with Crippen molar-refractivity contribution in [1.82, 2.24) is 4.90 Å². The summed E-state index contributed by atoms with van der Waals surface area (Å²) in [6, 6.07) is 1.88. The molecule has 5 nitrogen and oxygen atoms in total. The number of carbonyl (C=O) groups excluding carboxylic acids is 1. The second-order valence-electron chi connectivity index (χ2n) is 3.48. The zero-order valence-corrected chi connectivity index (χ0v) is 8.53. The van der Waals surface area contributed by atoms with Crippen molar-refractivity contribution in [3.63, 3.8) is 0 Å². The van der Waals surface area contributed by atoms with E-state index in [1.165, 1.54) is 18.7 Å². The summed E-state index contributed by atoms with van der Waals surface area (Å²) in [7, 11) is 0. The van der Waals surface area contributed by atoms with Crippen LogP contribution in [0.4, 0.5) is 0 Å². The van der Waals surface area contributed by atoms with Crippen LogP contribution < -0.4 is 0 Å². The first-order valence-electron chi connectivity index (χ1n) is 4.42. The number of carbonyl (C=O) groups is 1. The highest BCUT2D eigenvalue weighted by Gasteiger charge is 2.31. The Morgan fingerprint density at radius 3 is 2.07 bits per heavy atom. The second-order valence-corrected chi connectivity index (χ2v) is 3.48. The molecular weight excluding hydrogens is 184 g/mol. The molecule has 0 unspecified atom stereocenters. The fourth-order valence-corrected chi connectivity index (χ4v) is 0.999. The van der Waals surface area contributed by atoms with Gasteiger partial charge >= 0.3 is 0 Å². The van der Waals surface area contributed by atoms with Gasteiger partial charge in [-0.05, 0) is 13.8 Å². The predicted molar refractivity (Wildman–Crippen MR) is 50.1 cm³/mol. The number of nitriles is 1. The molecule has 0 radical (unpaired) electrons. The Morgan fingerprint density at radius 1 is 1.36 bits per heavy atom. The molecule has 0 heterocycles. The van der Waals surface area contributed by atoms with Gasteiger partial charge in [-0.15, -0.1) is 0 Å². The van der Waals surface area contributed by atoms with Gasteiger partial charge in [-0.2, -0.15) is 5.26 Å². The molecule has 0 aromatic rings. The molecule has 0 aromatic heterocycles. The lowest BCUT2D eigenvalue weighted by Crippen LogP contribution is -2.43. The number of nitrogens with zero attached hydrogens (tertiary/aromatic N) is 2. The molecule has 1 amide bonds. The minimum absolute atomic E-state index is 0.143. The van der Waals surface area contributed by atoms with Crippen molar-refractivity contribution in [3.05, 3.63) is 0 Å². The Hall–Kier alpha value is -1.12. The summed E-state index contributed by atoms with van der Waals surface area (Å²) in [5, 5.41) is 26.1. The van der Waals surface area contributed by atoms with E-state index in [0.717, 1.165) is 0 Å². The lowest BCUT2D eigenvalue weighted by molar-refractivity contribution is -0.138. The van der Waals surface area contributed by atoms with Gasteiger partial charge in [-0.3, -0.25) is 4.79 Å². The first-order chi connectivity index (χ1) is 6.49. The summed E-state index contributed by atoms with van der Waals surface area (Å²) in [6.45, 7) is 2.96. The van der Waals surface area contributed by atoms with Crippen molar-refractivity contribution in [1.29, 1.82) is 5.26 Å². The molecule has 0 rings (SSSR count). The smallest absolute Gasteiger partial charge is 0.242 e. The monoisotopic (exact) mass is 200 g/mol. The van der Waals surface area contributed by atoms with E-state index in [-0.39, 0.29) is 32.2 Å². The van der Waals surface area contributed by atoms with Crippen molar-refractivity contribution in [2.45, 2.75) is 13.8 Å². The fraction of sp³-hybridized carbons (Fsp3) is 0.778. The Morgan fingerprint density at radius 2 is 1.79 bits per heavy atom. The average molecular weight is 200 g/mol. The summed E-state index contributed by atoms with van der Waals surface area (Å²) < 4.78 is 0. The highest BCUT2D eigenvalue weighted by Crippen LogP contribution is 2.16. The Labute approximate surface area is 83.6 Å². The lowest BCUT2D eigenvalue weighted by Gasteiger charge is -2.26. The van der Waals surface area contributed by atoms with E-state index >= 15 is 0 Å². The molecule has 80 valence electrons. The third kappa shape index (κ3) is 3.32. The SMILES string of the molecule is CC(C)(C#N)C(=O)N(CCO)CCO. The number of rotatable bonds is 5. The Bertz CT molecular complexity index is 227. The summed E-state index contributed by atoms with van der Waals surface area (Å²) in [6.07, 6.45) is 0. The third-order valence-corrected chi connectivity index (χ3v) is 1.84. The van der Waals surface area contributed by atoms with Gasteiger partial charge in [0.05, 0.1) is 19.3 Å². The van der Waals surface area contributed by atoms with E-state index in [1.807, 2.05) is 6.07 Å². The van der Waals surface area contributed by atoms with Crippen LogP contribution in [0.3, 0.4) is 0 Å². The molecule has 0 aromatic carbocycles. The third-order valence-electron chi connectivity index (χ3n) is 1.84. The van der Waals surface area contributed by atoms with E-state index in [1.54, 1.807) is 0 Å². The standard InChI is InChI=1S/C9H16N2O3/c1-9(2,7-10)8(14)11(3-5-12)4-6-13/h12-13H,3-6H2,1-2H3. The maximum Gasteiger partial charge on any atom is 0.242 e. The zero-order chi connectivity index (χ0) is 11.2. The van der Waals surface area contributed by atoms with Gasteiger partial charge in [0.1, 0.15) is 5.41 Å². The quantitative estimate of drug-likeness (QED) is 0.617. The van der Waals surface area contributed by atoms with Gasteiger partial charge in [-0.1, -0.05) is 0 Å². The molecule has 0 aliphatic heterocycles. The number of aliphatic hydroxyl groups excluding tert-OH is 2. The minimum Gasteiger partial charge on any atom is -0.395 e. The topological polar surface area (TPSA) is 84.6 Å². The predicted octanol–water partition coefficient (Wildman–Crippen LogP) is -0.651. The second kappa shape index (κ2) is 5.58. The molecular formula is C9H16N2O3. The average Bonchev–Trinajstić information content (AvgIpc) is 2.16. The van der Waals surface area contributed by atoms with Crippen molar-refractivity contribution in [2.24, 2.45) is 5.41 Å². The van der Waals surface area contributed by atoms with E-state index < -0.39 is 5.41 Å².